The number of hydrogen-bond donors (Lipinski definition) is 1. The largest absolute Gasteiger partial charge is 0.342 e. The van der Waals surface area contributed by atoms with Gasteiger partial charge in [-0.25, -0.2) is 4.39 Å². The smallest absolute Gasteiger partial charge is 0.146 e. The zero-order valence-electron chi connectivity index (χ0n) is 12.3. The molecule has 0 aliphatic carbocycles. The number of nitrogens with zero attached hydrogens (tertiary/aromatic N) is 1. The van der Waals surface area contributed by atoms with Gasteiger partial charge in [-0.2, -0.15) is 0 Å². The molecule has 4 heteroatoms. The monoisotopic (exact) mass is 306 g/mol. The molecular weight excluding hydrogens is 287 g/mol. The van der Waals surface area contributed by atoms with E-state index in [1.807, 2.05) is 36.2 Å². The molecule has 2 aromatic rings. The van der Waals surface area contributed by atoms with E-state index in [4.69, 9.17) is 17.3 Å². The Labute approximate surface area is 130 Å². The number of para-hydroxylation sites is 1. The second kappa shape index (κ2) is 6.92. The van der Waals surface area contributed by atoms with Gasteiger partial charge in [0.25, 0.3) is 0 Å². The van der Waals surface area contributed by atoms with Crippen LogP contribution in [0.4, 0.5) is 15.8 Å². The SMILES string of the molecule is CCC(N)Cc1cc(Cl)ccc1N(C)c1ccccc1F. The van der Waals surface area contributed by atoms with Crippen LogP contribution in [0.25, 0.3) is 0 Å². The molecule has 0 heterocycles. The molecule has 112 valence electrons. The Hall–Kier alpha value is -1.58. The van der Waals surface area contributed by atoms with Crippen molar-refractivity contribution in [3.05, 3.63) is 58.9 Å². The molecule has 0 aliphatic heterocycles. The Morgan fingerprint density at radius 1 is 1.19 bits per heavy atom. The first-order chi connectivity index (χ1) is 10.0. The van der Waals surface area contributed by atoms with Crippen LogP contribution in [0.1, 0.15) is 18.9 Å². The molecule has 0 amide bonds. The average molecular weight is 307 g/mol. The van der Waals surface area contributed by atoms with Crippen LogP contribution in [-0.2, 0) is 6.42 Å². The molecule has 0 saturated heterocycles. The summed E-state index contributed by atoms with van der Waals surface area (Å²) in [6, 6.07) is 12.4. The number of rotatable bonds is 5. The minimum absolute atomic E-state index is 0.0660. The van der Waals surface area contributed by atoms with Gasteiger partial charge in [-0.05, 0) is 48.7 Å². The zero-order valence-corrected chi connectivity index (χ0v) is 13.1. The van der Waals surface area contributed by atoms with Gasteiger partial charge in [-0.3, -0.25) is 0 Å². The van der Waals surface area contributed by atoms with Gasteiger partial charge in [0.15, 0.2) is 0 Å². The molecule has 0 spiro atoms. The topological polar surface area (TPSA) is 29.3 Å². The fourth-order valence-corrected chi connectivity index (χ4v) is 2.52. The van der Waals surface area contributed by atoms with Crippen molar-refractivity contribution >= 4 is 23.0 Å². The molecule has 2 rings (SSSR count). The quantitative estimate of drug-likeness (QED) is 0.879. The van der Waals surface area contributed by atoms with E-state index >= 15 is 0 Å². The third-order valence-electron chi connectivity index (χ3n) is 3.62. The second-order valence-electron chi connectivity index (χ2n) is 5.16. The van der Waals surface area contributed by atoms with Gasteiger partial charge in [0.1, 0.15) is 5.82 Å². The number of hydrogen-bond acceptors (Lipinski definition) is 2. The minimum Gasteiger partial charge on any atom is -0.342 e. The Morgan fingerprint density at radius 2 is 1.90 bits per heavy atom. The van der Waals surface area contributed by atoms with Crippen molar-refractivity contribution in [3.63, 3.8) is 0 Å². The minimum atomic E-state index is -0.249. The molecule has 0 aliphatic rings. The highest BCUT2D eigenvalue weighted by atomic mass is 35.5. The standard InChI is InChI=1S/C17H20ClFN2/c1-3-14(20)11-12-10-13(18)8-9-16(12)21(2)17-7-5-4-6-15(17)19/h4-10,14H,3,11,20H2,1-2H3. The summed E-state index contributed by atoms with van der Waals surface area (Å²) in [6.45, 7) is 2.05. The number of anilines is 2. The van der Waals surface area contributed by atoms with Crippen LogP contribution in [-0.4, -0.2) is 13.1 Å². The average Bonchev–Trinajstić information content (AvgIpc) is 2.47. The van der Waals surface area contributed by atoms with Gasteiger partial charge in [0, 0.05) is 23.8 Å². The molecule has 0 bridgehead atoms. The van der Waals surface area contributed by atoms with Crippen LogP contribution in [0.15, 0.2) is 42.5 Å². The lowest BCUT2D eigenvalue weighted by Crippen LogP contribution is -2.23. The van der Waals surface area contributed by atoms with Crippen molar-refractivity contribution in [1.29, 1.82) is 0 Å². The zero-order chi connectivity index (χ0) is 15.4. The third kappa shape index (κ3) is 3.74. The van der Waals surface area contributed by atoms with Gasteiger partial charge in [-0.1, -0.05) is 30.7 Å². The predicted octanol–water partition coefficient (Wildman–Crippen LogP) is 4.53. The van der Waals surface area contributed by atoms with E-state index in [1.54, 1.807) is 12.1 Å². The molecule has 0 aromatic heterocycles. The van der Waals surface area contributed by atoms with Crippen molar-refractivity contribution < 1.29 is 4.39 Å². The number of benzene rings is 2. The van der Waals surface area contributed by atoms with Crippen molar-refractivity contribution in [3.8, 4) is 0 Å². The summed E-state index contributed by atoms with van der Waals surface area (Å²) in [6.07, 6.45) is 1.60. The van der Waals surface area contributed by atoms with Crippen LogP contribution in [0.3, 0.4) is 0 Å². The maximum Gasteiger partial charge on any atom is 0.146 e. The fourth-order valence-electron chi connectivity index (χ4n) is 2.33. The molecule has 2 aromatic carbocycles. The first kappa shape index (κ1) is 15.8. The number of halogens is 2. The molecule has 0 saturated carbocycles. The molecule has 1 atom stereocenters. The lowest BCUT2D eigenvalue weighted by molar-refractivity contribution is 0.626. The fraction of sp³-hybridized carbons (Fsp3) is 0.294. The van der Waals surface area contributed by atoms with E-state index in [9.17, 15) is 4.39 Å². The van der Waals surface area contributed by atoms with Gasteiger partial charge in [0.05, 0.1) is 5.69 Å². The summed E-state index contributed by atoms with van der Waals surface area (Å²) in [5.74, 6) is -0.249. The van der Waals surface area contributed by atoms with E-state index in [2.05, 4.69) is 6.92 Å². The van der Waals surface area contributed by atoms with Crippen molar-refractivity contribution in [1.82, 2.24) is 0 Å². The lowest BCUT2D eigenvalue weighted by Gasteiger charge is -2.24. The van der Waals surface area contributed by atoms with E-state index in [-0.39, 0.29) is 11.9 Å². The summed E-state index contributed by atoms with van der Waals surface area (Å²) < 4.78 is 14.0. The maximum absolute atomic E-state index is 14.0. The molecule has 2 nitrogen and oxygen atoms in total. The Morgan fingerprint density at radius 3 is 2.57 bits per heavy atom. The predicted molar refractivity (Wildman–Crippen MR) is 87.9 cm³/mol. The van der Waals surface area contributed by atoms with Gasteiger partial charge >= 0.3 is 0 Å². The summed E-state index contributed by atoms with van der Waals surface area (Å²) in [4.78, 5) is 1.84. The lowest BCUT2D eigenvalue weighted by atomic mass is 10.0. The highest BCUT2D eigenvalue weighted by Crippen LogP contribution is 2.31. The highest BCUT2D eigenvalue weighted by Gasteiger charge is 2.14. The van der Waals surface area contributed by atoms with Crippen LogP contribution < -0.4 is 10.6 Å². The van der Waals surface area contributed by atoms with Crippen LogP contribution >= 0.6 is 11.6 Å². The summed E-state index contributed by atoms with van der Waals surface area (Å²) >= 11 is 6.09. The summed E-state index contributed by atoms with van der Waals surface area (Å²) in [5.41, 5.74) is 8.55. The first-order valence-electron chi connectivity index (χ1n) is 7.05. The molecular formula is C17H20ClFN2. The van der Waals surface area contributed by atoms with Crippen molar-refractivity contribution in [2.24, 2.45) is 5.73 Å². The van der Waals surface area contributed by atoms with Crippen LogP contribution in [0.5, 0.6) is 0 Å². The van der Waals surface area contributed by atoms with Crippen molar-refractivity contribution in [2.75, 3.05) is 11.9 Å². The molecule has 2 N–H and O–H groups in total. The van der Waals surface area contributed by atoms with E-state index in [1.165, 1.54) is 6.07 Å². The number of nitrogens with two attached hydrogens (primary N) is 1. The molecule has 21 heavy (non-hydrogen) atoms. The van der Waals surface area contributed by atoms with Crippen molar-refractivity contribution in [2.45, 2.75) is 25.8 Å². The van der Waals surface area contributed by atoms with Crippen LogP contribution in [0.2, 0.25) is 5.02 Å². The van der Waals surface area contributed by atoms with Gasteiger partial charge in [-0.15, -0.1) is 0 Å². The molecule has 1 unspecified atom stereocenters. The second-order valence-corrected chi connectivity index (χ2v) is 5.59. The molecule has 0 radical (unpaired) electrons. The third-order valence-corrected chi connectivity index (χ3v) is 3.86. The Bertz CT molecular complexity index is 615. The maximum atomic E-state index is 14.0. The Kier molecular flexibility index (Phi) is 5.21. The highest BCUT2D eigenvalue weighted by molar-refractivity contribution is 6.30. The summed E-state index contributed by atoms with van der Waals surface area (Å²) in [7, 11) is 1.85. The normalized spacial score (nSPS) is 12.2. The van der Waals surface area contributed by atoms with E-state index < -0.39 is 0 Å². The molecule has 0 fully saturated rings. The first-order valence-corrected chi connectivity index (χ1v) is 7.43. The van der Waals surface area contributed by atoms with Gasteiger partial charge in [0.2, 0.25) is 0 Å². The summed E-state index contributed by atoms with van der Waals surface area (Å²) in [5, 5.41) is 0.666. The Balaban J connectivity index is 2.41. The van der Waals surface area contributed by atoms with E-state index in [0.29, 0.717) is 17.1 Å². The van der Waals surface area contributed by atoms with Crippen LogP contribution in [0, 0.1) is 5.82 Å². The van der Waals surface area contributed by atoms with E-state index in [0.717, 1.165) is 17.7 Å². The van der Waals surface area contributed by atoms with Gasteiger partial charge < -0.3 is 10.6 Å².